The number of carbonyl (C=O) groups excluding carboxylic acids is 1. The first kappa shape index (κ1) is 15.9. The second-order valence-electron chi connectivity index (χ2n) is 6.29. The SMILES string of the molecule is CC(C)n1ncc2cc(C(=O)N(C)C3CCS(=O)(=O)C3)cnc21. The molecule has 0 N–H and O–H groups in total. The summed E-state index contributed by atoms with van der Waals surface area (Å²) in [7, 11) is -1.37. The van der Waals surface area contributed by atoms with Gasteiger partial charge in [0.1, 0.15) is 0 Å². The largest absolute Gasteiger partial charge is 0.338 e. The molecule has 8 heteroatoms. The van der Waals surface area contributed by atoms with Crippen molar-refractivity contribution in [1.82, 2.24) is 19.7 Å². The summed E-state index contributed by atoms with van der Waals surface area (Å²) in [5.41, 5.74) is 1.19. The van der Waals surface area contributed by atoms with Crippen LogP contribution in [0.1, 0.15) is 36.7 Å². The predicted octanol–water partition coefficient (Wildman–Crippen LogP) is 1.27. The minimum Gasteiger partial charge on any atom is -0.338 e. The van der Waals surface area contributed by atoms with E-state index >= 15 is 0 Å². The number of aromatic nitrogens is 3. The smallest absolute Gasteiger partial charge is 0.255 e. The van der Waals surface area contributed by atoms with Crippen LogP contribution in [-0.4, -0.2) is 58.6 Å². The minimum absolute atomic E-state index is 0.0379. The highest BCUT2D eigenvalue weighted by Crippen LogP contribution is 2.21. The zero-order chi connectivity index (χ0) is 16.8. The molecule has 3 rings (SSSR count). The second-order valence-corrected chi connectivity index (χ2v) is 8.52. The summed E-state index contributed by atoms with van der Waals surface area (Å²) in [6.45, 7) is 4.03. The molecular weight excluding hydrogens is 316 g/mol. The lowest BCUT2D eigenvalue weighted by atomic mass is 10.1. The van der Waals surface area contributed by atoms with E-state index in [9.17, 15) is 13.2 Å². The fourth-order valence-electron chi connectivity index (χ4n) is 2.89. The molecule has 1 aliphatic rings. The van der Waals surface area contributed by atoms with Gasteiger partial charge in [0.2, 0.25) is 0 Å². The summed E-state index contributed by atoms with van der Waals surface area (Å²) in [5.74, 6) is -0.0250. The van der Waals surface area contributed by atoms with Crippen LogP contribution in [-0.2, 0) is 9.84 Å². The van der Waals surface area contributed by atoms with Crippen LogP contribution in [0.25, 0.3) is 11.0 Å². The van der Waals surface area contributed by atoms with Crippen LogP contribution in [0.3, 0.4) is 0 Å². The van der Waals surface area contributed by atoms with Crippen molar-refractivity contribution in [3.05, 3.63) is 24.0 Å². The number of pyridine rings is 1. The van der Waals surface area contributed by atoms with Gasteiger partial charge in [0, 0.05) is 30.7 Å². The third-order valence-electron chi connectivity index (χ3n) is 4.25. The van der Waals surface area contributed by atoms with E-state index < -0.39 is 9.84 Å². The zero-order valence-electron chi connectivity index (χ0n) is 13.4. The van der Waals surface area contributed by atoms with Gasteiger partial charge >= 0.3 is 0 Å². The van der Waals surface area contributed by atoms with Gasteiger partial charge in [-0.2, -0.15) is 5.10 Å². The average molecular weight is 336 g/mol. The number of nitrogens with zero attached hydrogens (tertiary/aromatic N) is 4. The summed E-state index contributed by atoms with van der Waals surface area (Å²) in [4.78, 5) is 18.5. The van der Waals surface area contributed by atoms with E-state index in [-0.39, 0.29) is 29.5 Å². The Morgan fingerprint density at radius 2 is 2.13 bits per heavy atom. The highest BCUT2D eigenvalue weighted by atomic mass is 32.2. The van der Waals surface area contributed by atoms with Crippen LogP contribution in [0.2, 0.25) is 0 Å². The van der Waals surface area contributed by atoms with E-state index in [2.05, 4.69) is 10.1 Å². The molecule has 0 bridgehead atoms. The van der Waals surface area contributed by atoms with Crippen LogP contribution in [0.4, 0.5) is 0 Å². The first-order chi connectivity index (χ1) is 10.8. The quantitative estimate of drug-likeness (QED) is 0.843. The number of carbonyl (C=O) groups is 1. The molecule has 0 radical (unpaired) electrons. The van der Waals surface area contributed by atoms with Crippen LogP contribution < -0.4 is 0 Å². The molecule has 23 heavy (non-hydrogen) atoms. The normalized spacial score (nSPS) is 20.3. The zero-order valence-corrected chi connectivity index (χ0v) is 14.2. The van der Waals surface area contributed by atoms with Crippen molar-refractivity contribution in [2.45, 2.75) is 32.4 Å². The first-order valence-electron chi connectivity index (χ1n) is 7.59. The number of fused-ring (bicyclic) bond motifs is 1. The molecule has 0 spiro atoms. The standard InChI is InChI=1S/C15H20N4O3S/c1-10(2)19-14-11(8-17-19)6-12(7-16-14)15(20)18(3)13-4-5-23(21,22)9-13/h6-8,10,13H,4-5,9H2,1-3H3. The number of hydrogen-bond donors (Lipinski definition) is 0. The molecule has 1 unspecified atom stereocenters. The summed E-state index contributed by atoms with van der Waals surface area (Å²) >= 11 is 0. The maximum atomic E-state index is 12.6. The third-order valence-corrected chi connectivity index (χ3v) is 6.00. The molecule has 124 valence electrons. The van der Waals surface area contributed by atoms with Gasteiger partial charge in [-0.15, -0.1) is 0 Å². The Kier molecular flexibility index (Phi) is 3.87. The van der Waals surface area contributed by atoms with Crippen LogP contribution in [0.15, 0.2) is 18.5 Å². The van der Waals surface area contributed by atoms with E-state index in [0.717, 1.165) is 11.0 Å². The molecule has 1 fully saturated rings. The van der Waals surface area contributed by atoms with Crippen molar-refractivity contribution >= 4 is 26.8 Å². The van der Waals surface area contributed by atoms with Gasteiger partial charge in [0.05, 0.1) is 23.3 Å². The maximum absolute atomic E-state index is 12.6. The fraction of sp³-hybridized carbons (Fsp3) is 0.533. The van der Waals surface area contributed by atoms with Crippen molar-refractivity contribution in [2.75, 3.05) is 18.6 Å². The fourth-order valence-corrected chi connectivity index (χ4v) is 4.66. The van der Waals surface area contributed by atoms with Gasteiger partial charge in [-0.1, -0.05) is 0 Å². The summed E-state index contributed by atoms with van der Waals surface area (Å²) in [5, 5.41) is 5.09. The molecule has 0 aromatic carbocycles. The van der Waals surface area contributed by atoms with Gasteiger partial charge < -0.3 is 4.90 Å². The van der Waals surface area contributed by atoms with Gasteiger partial charge in [-0.25, -0.2) is 18.1 Å². The molecule has 1 atom stereocenters. The van der Waals surface area contributed by atoms with Gasteiger partial charge in [-0.05, 0) is 26.3 Å². The monoisotopic (exact) mass is 336 g/mol. The molecular formula is C15H20N4O3S. The number of hydrogen-bond acceptors (Lipinski definition) is 5. The van der Waals surface area contributed by atoms with E-state index in [4.69, 9.17) is 0 Å². The predicted molar refractivity (Wildman–Crippen MR) is 87.1 cm³/mol. The Morgan fingerprint density at radius 1 is 1.39 bits per heavy atom. The van der Waals surface area contributed by atoms with Gasteiger partial charge in [0.15, 0.2) is 15.5 Å². The lowest BCUT2D eigenvalue weighted by Gasteiger charge is -2.23. The highest BCUT2D eigenvalue weighted by Gasteiger charge is 2.33. The van der Waals surface area contributed by atoms with E-state index in [1.54, 1.807) is 24.0 Å². The molecule has 1 saturated heterocycles. The summed E-state index contributed by atoms with van der Waals surface area (Å²) in [6, 6.07) is 1.69. The van der Waals surface area contributed by atoms with Gasteiger partial charge in [0.25, 0.3) is 5.91 Å². The Hall–Kier alpha value is -1.96. The maximum Gasteiger partial charge on any atom is 0.255 e. The lowest BCUT2D eigenvalue weighted by molar-refractivity contribution is 0.0747. The van der Waals surface area contributed by atoms with Crippen molar-refractivity contribution in [1.29, 1.82) is 0 Å². The van der Waals surface area contributed by atoms with Crippen LogP contribution in [0, 0.1) is 0 Å². The minimum atomic E-state index is -3.02. The highest BCUT2D eigenvalue weighted by molar-refractivity contribution is 7.91. The summed E-state index contributed by atoms with van der Waals surface area (Å²) in [6.07, 6.45) is 3.72. The molecule has 3 heterocycles. The van der Waals surface area contributed by atoms with E-state index in [0.29, 0.717) is 12.0 Å². The van der Waals surface area contributed by atoms with E-state index in [1.807, 2.05) is 13.8 Å². The molecule has 0 saturated carbocycles. The van der Waals surface area contributed by atoms with Crippen molar-refractivity contribution in [3.8, 4) is 0 Å². The van der Waals surface area contributed by atoms with Crippen molar-refractivity contribution in [2.24, 2.45) is 0 Å². The lowest BCUT2D eigenvalue weighted by Crippen LogP contribution is -2.37. The molecule has 2 aromatic rings. The molecule has 2 aromatic heterocycles. The van der Waals surface area contributed by atoms with Crippen molar-refractivity contribution in [3.63, 3.8) is 0 Å². The molecule has 1 amide bonds. The van der Waals surface area contributed by atoms with E-state index in [1.165, 1.54) is 11.1 Å². The number of rotatable bonds is 3. The molecule has 7 nitrogen and oxygen atoms in total. The van der Waals surface area contributed by atoms with Crippen molar-refractivity contribution < 1.29 is 13.2 Å². The third kappa shape index (κ3) is 2.95. The Morgan fingerprint density at radius 3 is 2.74 bits per heavy atom. The van der Waals surface area contributed by atoms with Crippen LogP contribution >= 0.6 is 0 Å². The summed E-state index contributed by atoms with van der Waals surface area (Å²) < 4.78 is 25.0. The topological polar surface area (TPSA) is 85.2 Å². The average Bonchev–Trinajstić information content (AvgIpc) is 3.08. The second kappa shape index (κ2) is 5.59. The van der Waals surface area contributed by atoms with Gasteiger partial charge in [-0.3, -0.25) is 4.79 Å². The Labute approximate surface area is 135 Å². The number of amides is 1. The molecule has 1 aliphatic heterocycles. The first-order valence-corrected chi connectivity index (χ1v) is 9.41. The van der Waals surface area contributed by atoms with Crippen LogP contribution in [0.5, 0.6) is 0 Å². The molecule has 0 aliphatic carbocycles. The Balaban J connectivity index is 1.86. The number of sulfone groups is 1. The Bertz CT molecular complexity index is 857.